The second kappa shape index (κ2) is 7.90. The van der Waals surface area contributed by atoms with Gasteiger partial charge in [-0.25, -0.2) is 9.40 Å². The Kier molecular flexibility index (Phi) is 5.61. The molecule has 1 N–H and O–H groups in total. The summed E-state index contributed by atoms with van der Waals surface area (Å²) in [5.74, 6) is 0. The van der Waals surface area contributed by atoms with E-state index in [0.717, 1.165) is 22.2 Å². The molecule has 0 bridgehead atoms. The zero-order chi connectivity index (χ0) is 18.7. The molecule has 136 valence electrons. The number of hydrogen-bond donors (Lipinski definition) is 1. The first-order valence-electron chi connectivity index (χ1n) is 8.41. The molecule has 0 amide bonds. The molecule has 0 aliphatic carbocycles. The van der Waals surface area contributed by atoms with Crippen molar-refractivity contribution in [2.45, 2.75) is 26.3 Å². The molecule has 0 aliphatic heterocycles. The summed E-state index contributed by atoms with van der Waals surface area (Å²) in [7, 11) is 0. The Morgan fingerprint density at radius 2 is 1.88 bits per heavy atom. The van der Waals surface area contributed by atoms with Crippen molar-refractivity contribution in [2.24, 2.45) is 0 Å². The van der Waals surface area contributed by atoms with Crippen LogP contribution in [0.15, 0.2) is 53.3 Å². The molecule has 2 aromatic carbocycles. The summed E-state index contributed by atoms with van der Waals surface area (Å²) in [6.45, 7) is 4.19. The third kappa shape index (κ3) is 3.90. The Morgan fingerprint density at radius 1 is 1.15 bits per heavy atom. The summed E-state index contributed by atoms with van der Waals surface area (Å²) in [6.07, 6.45) is 0.573. The van der Waals surface area contributed by atoms with Gasteiger partial charge in [-0.05, 0) is 38.0 Å². The Morgan fingerprint density at radius 3 is 2.58 bits per heavy atom. The van der Waals surface area contributed by atoms with Crippen LogP contribution >= 0.6 is 0 Å². The highest BCUT2D eigenvalue weighted by Gasteiger charge is 2.13. The van der Waals surface area contributed by atoms with E-state index in [4.69, 9.17) is 0 Å². The van der Waals surface area contributed by atoms with Gasteiger partial charge in [-0.3, -0.25) is 9.00 Å². The normalized spacial score (nSPS) is 12.6. The zero-order valence-corrected chi connectivity index (χ0v) is 15.5. The molecule has 0 saturated heterocycles. The van der Waals surface area contributed by atoms with Crippen LogP contribution in [0.4, 0.5) is 0 Å². The lowest BCUT2D eigenvalue weighted by Gasteiger charge is -2.14. The van der Waals surface area contributed by atoms with Crippen LogP contribution in [-0.4, -0.2) is 25.1 Å². The van der Waals surface area contributed by atoms with E-state index in [1.165, 1.54) is 4.68 Å². The minimum atomic E-state index is -2.26. The maximum Gasteiger partial charge on any atom is 0.274 e. The first kappa shape index (κ1) is 18.4. The number of aromatic nitrogens is 2. The van der Waals surface area contributed by atoms with Gasteiger partial charge >= 0.3 is 0 Å². The van der Waals surface area contributed by atoms with Gasteiger partial charge in [-0.15, -0.1) is 0 Å². The fourth-order valence-corrected chi connectivity index (χ4v) is 3.19. The van der Waals surface area contributed by atoms with Gasteiger partial charge < -0.3 is 4.55 Å². The molecule has 7 heteroatoms. The molecule has 1 unspecified atom stereocenters. The molecule has 0 fully saturated rings. The maximum absolute atomic E-state index is 12.7. The minimum absolute atomic E-state index is 0.0507. The molecular formula is C19H20N3O3S-. The predicted octanol–water partition coefficient (Wildman–Crippen LogP) is 2.57. The average Bonchev–Trinajstić information content (AvgIpc) is 2.62. The Balaban J connectivity index is 2.09. The zero-order valence-electron chi connectivity index (χ0n) is 14.6. The summed E-state index contributed by atoms with van der Waals surface area (Å²) >= 11 is -2.26. The summed E-state index contributed by atoms with van der Waals surface area (Å²) < 4.78 is 25.1. The molecule has 0 spiro atoms. The van der Waals surface area contributed by atoms with E-state index in [-0.39, 0.29) is 11.6 Å². The highest BCUT2D eigenvalue weighted by molar-refractivity contribution is 7.77. The fourth-order valence-electron chi connectivity index (χ4n) is 2.92. The molecule has 1 aromatic heterocycles. The second-order valence-electron chi connectivity index (χ2n) is 6.32. The van der Waals surface area contributed by atoms with Crippen molar-refractivity contribution in [3.63, 3.8) is 0 Å². The number of rotatable bonds is 6. The molecule has 6 nitrogen and oxygen atoms in total. The number of hydrogen-bond acceptors (Lipinski definition) is 4. The van der Waals surface area contributed by atoms with Crippen LogP contribution in [0.2, 0.25) is 0 Å². The maximum atomic E-state index is 12.7. The fraction of sp³-hybridized carbons (Fsp3) is 0.263. The molecule has 0 saturated carbocycles. The summed E-state index contributed by atoms with van der Waals surface area (Å²) in [5.41, 5.74) is 2.54. The van der Waals surface area contributed by atoms with Crippen LogP contribution in [0.5, 0.6) is 0 Å². The van der Waals surface area contributed by atoms with Gasteiger partial charge in [0, 0.05) is 28.8 Å². The first-order valence-corrected chi connectivity index (χ1v) is 9.48. The van der Waals surface area contributed by atoms with E-state index >= 15 is 0 Å². The van der Waals surface area contributed by atoms with Crippen LogP contribution in [0.25, 0.3) is 22.0 Å². The van der Waals surface area contributed by atoms with Crippen molar-refractivity contribution in [1.29, 1.82) is 0 Å². The van der Waals surface area contributed by atoms with E-state index in [2.05, 4.69) is 9.82 Å². The van der Waals surface area contributed by atoms with Crippen LogP contribution in [0, 0.1) is 0 Å². The van der Waals surface area contributed by atoms with Crippen molar-refractivity contribution >= 4 is 22.0 Å². The van der Waals surface area contributed by atoms with Crippen LogP contribution in [-0.2, 0) is 17.7 Å². The van der Waals surface area contributed by atoms with Gasteiger partial charge in [0.1, 0.15) is 0 Å². The highest BCUT2D eigenvalue weighted by atomic mass is 32.2. The standard InChI is InChI=1S/C19H21N3O3S/c1-13(2)22-19(23)17-9-4-3-8-16(17)18(21-22)15-7-5-6-14(12-15)10-11-20-26(24)25/h3-9,12-13,20H,10-11H2,1-2H3,(H,24,25)/p-1. The van der Waals surface area contributed by atoms with Crippen LogP contribution in [0.1, 0.15) is 25.5 Å². The molecule has 0 aliphatic rings. The topological polar surface area (TPSA) is 87.1 Å². The minimum Gasteiger partial charge on any atom is -0.760 e. The number of fused-ring (bicyclic) bond motifs is 1. The lowest BCUT2D eigenvalue weighted by Crippen LogP contribution is -2.25. The smallest absolute Gasteiger partial charge is 0.274 e. The van der Waals surface area contributed by atoms with Crippen LogP contribution < -0.4 is 10.3 Å². The molecule has 1 heterocycles. The number of nitrogens with zero attached hydrogens (tertiary/aromatic N) is 2. The van der Waals surface area contributed by atoms with Gasteiger partial charge in [-0.2, -0.15) is 5.10 Å². The largest absolute Gasteiger partial charge is 0.760 e. The van der Waals surface area contributed by atoms with Crippen molar-refractivity contribution < 1.29 is 8.76 Å². The molecule has 26 heavy (non-hydrogen) atoms. The Bertz CT molecular complexity index is 1010. The van der Waals surface area contributed by atoms with E-state index in [1.54, 1.807) is 0 Å². The molecule has 0 radical (unpaired) electrons. The third-order valence-electron chi connectivity index (χ3n) is 4.15. The second-order valence-corrected chi connectivity index (χ2v) is 7.08. The predicted molar refractivity (Wildman–Crippen MR) is 102 cm³/mol. The summed E-state index contributed by atoms with van der Waals surface area (Å²) in [5, 5.41) is 6.06. The highest BCUT2D eigenvalue weighted by Crippen LogP contribution is 2.26. The van der Waals surface area contributed by atoms with Gasteiger partial charge in [0.25, 0.3) is 5.56 Å². The average molecular weight is 370 g/mol. The van der Waals surface area contributed by atoms with Gasteiger partial charge in [-0.1, -0.05) is 36.4 Å². The SMILES string of the molecule is CC(C)n1nc(-c2cccc(CCNS(=O)[O-])c2)c2ccccc2c1=O. The van der Waals surface area contributed by atoms with Crippen molar-refractivity contribution in [1.82, 2.24) is 14.5 Å². The lowest BCUT2D eigenvalue weighted by molar-refractivity contribution is 0.510. The molecule has 3 rings (SSSR count). The third-order valence-corrected chi connectivity index (χ3v) is 4.59. The van der Waals surface area contributed by atoms with E-state index in [9.17, 15) is 13.6 Å². The summed E-state index contributed by atoms with van der Waals surface area (Å²) in [6, 6.07) is 15.2. The van der Waals surface area contributed by atoms with Gasteiger partial charge in [0.15, 0.2) is 0 Å². The molecule has 1 atom stereocenters. The number of nitrogens with one attached hydrogen (secondary N) is 1. The van der Waals surface area contributed by atoms with E-state index < -0.39 is 11.3 Å². The first-order chi connectivity index (χ1) is 12.5. The van der Waals surface area contributed by atoms with Gasteiger partial charge in [0.2, 0.25) is 0 Å². The van der Waals surface area contributed by atoms with Crippen molar-refractivity contribution in [3.8, 4) is 11.3 Å². The Labute approximate surface area is 154 Å². The van der Waals surface area contributed by atoms with Crippen molar-refractivity contribution in [3.05, 3.63) is 64.4 Å². The lowest BCUT2D eigenvalue weighted by atomic mass is 10.0. The van der Waals surface area contributed by atoms with E-state index in [0.29, 0.717) is 18.4 Å². The monoisotopic (exact) mass is 370 g/mol. The molecule has 3 aromatic rings. The Hall–Kier alpha value is -2.35. The van der Waals surface area contributed by atoms with Crippen molar-refractivity contribution in [2.75, 3.05) is 6.54 Å². The quantitative estimate of drug-likeness (QED) is 0.676. The van der Waals surface area contributed by atoms with Crippen LogP contribution in [0.3, 0.4) is 0 Å². The number of benzene rings is 2. The molecular weight excluding hydrogens is 350 g/mol. The van der Waals surface area contributed by atoms with E-state index in [1.807, 2.05) is 62.4 Å². The summed E-state index contributed by atoms with van der Waals surface area (Å²) in [4.78, 5) is 12.7. The van der Waals surface area contributed by atoms with Gasteiger partial charge in [0.05, 0.1) is 17.1 Å².